The van der Waals surface area contributed by atoms with Gasteiger partial charge in [0.1, 0.15) is 11.6 Å². The maximum absolute atomic E-state index is 12.3. The van der Waals surface area contributed by atoms with Gasteiger partial charge in [0.05, 0.1) is 10.0 Å². The van der Waals surface area contributed by atoms with Gasteiger partial charge in [-0.25, -0.2) is 0 Å². The molecule has 0 aromatic heterocycles. The summed E-state index contributed by atoms with van der Waals surface area (Å²) >= 11 is 11.8. The predicted octanol–water partition coefficient (Wildman–Crippen LogP) is 5.84. The third kappa shape index (κ3) is 5.09. The molecule has 0 heterocycles. The fourth-order valence-electron chi connectivity index (χ4n) is 2.17. The number of carbonyl (C=O) groups is 1. The average molecular weight is 373 g/mol. The molecule has 0 atom stereocenters. The summed E-state index contributed by atoms with van der Waals surface area (Å²) in [4.78, 5) is 12.3. The highest BCUT2D eigenvalue weighted by Gasteiger charge is 2.14. The van der Waals surface area contributed by atoms with Crippen LogP contribution < -0.4 is 5.32 Å². The van der Waals surface area contributed by atoms with Crippen molar-refractivity contribution in [3.8, 4) is 6.07 Å². The first kappa shape index (κ1) is 19.1. The van der Waals surface area contributed by atoms with Crippen molar-refractivity contribution in [1.82, 2.24) is 0 Å². The minimum atomic E-state index is -0.499. The molecule has 0 spiro atoms. The first-order valence-corrected chi connectivity index (χ1v) is 8.45. The maximum atomic E-state index is 12.3. The van der Waals surface area contributed by atoms with Gasteiger partial charge in [-0.05, 0) is 40.8 Å². The molecule has 0 aliphatic carbocycles. The molecule has 0 unspecified atom stereocenters. The number of carbonyl (C=O) groups excluding carboxylic acids is 1. The highest BCUT2D eigenvalue weighted by atomic mass is 35.5. The lowest BCUT2D eigenvalue weighted by Gasteiger charge is -2.18. The lowest BCUT2D eigenvalue weighted by molar-refractivity contribution is -0.112. The Balaban J connectivity index is 2.20. The molecule has 1 amide bonds. The van der Waals surface area contributed by atoms with E-state index in [1.54, 1.807) is 18.2 Å². The van der Waals surface area contributed by atoms with Crippen molar-refractivity contribution >= 4 is 40.9 Å². The van der Waals surface area contributed by atoms with Crippen LogP contribution in [0, 0.1) is 11.3 Å². The third-order valence-electron chi connectivity index (χ3n) is 3.63. The standard InChI is InChI=1S/C20H18Cl2N2O/c1-20(2,3)15-6-4-13(5-7-15)10-14(12-23)19(25)24-16-8-9-17(21)18(22)11-16/h4-11H,1-3H3,(H,24,25)/b14-10+. The molecule has 2 rings (SSSR count). The fourth-order valence-corrected chi connectivity index (χ4v) is 2.47. The summed E-state index contributed by atoms with van der Waals surface area (Å²) in [5.74, 6) is -0.499. The number of nitrogens with one attached hydrogen (secondary N) is 1. The Hall–Kier alpha value is -2.28. The lowest BCUT2D eigenvalue weighted by Crippen LogP contribution is -2.13. The lowest BCUT2D eigenvalue weighted by atomic mass is 9.86. The van der Waals surface area contributed by atoms with Crippen LogP contribution >= 0.6 is 23.2 Å². The molecule has 2 aromatic rings. The van der Waals surface area contributed by atoms with Crippen LogP contribution in [-0.4, -0.2) is 5.91 Å². The zero-order chi connectivity index (χ0) is 18.6. The van der Waals surface area contributed by atoms with E-state index in [-0.39, 0.29) is 11.0 Å². The predicted molar refractivity (Wildman–Crippen MR) is 104 cm³/mol. The number of hydrogen-bond donors (Lipinski definition) is 1. The van der Waals surface area contributed by atoms with E-state index in [4.69, 9.17) is 23.2 Å². The summed E-state index contributed by atoms with van der Waals surface area (Å²) in [5.41, 5.74) is 2.50. The van der Waals surface area contributed by atoms with Crippen molar-refractivity contribution in [2.45, 2.75) is 26.2 Å². The number of nitriles is 1. The molecule has 3 nitrogen and oxygen atoms in total. The number of hydrogen-bond acceptors (Lipinski definition) is 2. The van der Waals surface area contributed by atoms with Crippen molar-refractivity contribution < 1.29 is 4.79 Å². The Labute approximate surface area is 157 Å². The van der Waals surface area contributed by atoms with Crippen LogP contribution in [0.15, 0.2) is 48.0 Å². The topological polar surface area (TPSA) is 52.9 Å². The Bertz CT molecular complexity index is 857. The molecule has 0 fully saturated rings. The van der Waals surface area contributed by atoms with Crippen LogP contribution in [0.25, 0.3) is 6.08 Å². The number of nitrogens with zero attached hydrogens (tertiary/aromatic N) is 1. The molecular weight excluding hydrogens is 355 g/mol. The largest absolute Gasteiger partial charge is 0.321 e. The molecule has 5 heteroatoms. The molecule has 0 aliphatic rings. The van der Waals surface area contributed by atoms with Crippen LogP contribution in [-0.2, 0) is 10.2 Å². The van der Waals surface area contributed by atoms with E-state index in [2.05, 4.69) is 26.1 Å². The van der Waals surface area contributed by atoms with E-state index in [1.165, 1.54) is 11.6 Å². The van der Waals surface area contributed by atoms with Gasteiger partial charge in [-0.3, -0.25) is 4.79 Å². The van der Waals surface area contributed by atoms with Crippen LogP contribution in [0.4, 0.5) is 5.69 Å². The van der Waals surface area contributed by atoms with Gasteiger partial charge in [-0.15, -0.1) is 0 Å². The summed E-state index contributed by atoms with van der Waals surface area (Å²) < 4.78 is 0. The highest BCUT2D eigenvalue weighted by Crippen LogP contribution is 2.26. The van der Waals surface area contributed by atoms with Gasteiger partial charge in [-0.2, -0.15) is 5.26 Å². The molecule has 1 N–H and O–H groups in total. The zero-order valence-electron chi connectivity index (χ0n) is 14.2. The number of amides is 1. The Morgan fingerprint density at radius 1 is 1.08 bits per heavy atom. The van der Waals surface area contributed by atoms with E-state index in [1.807, 2.05) is 30.3 Å². The Kier molecular flexibility index (Phi) is 5.89. The summed E-state index contributed by atoms with van der Waals surface area (Å²) in [6, 6.07) is 14.5. The smallest absolute Gasteiger partial charge is 0.266 e. The van der Waals surface area contributed by atoms with Gasteiger partial charge in [0.15, 0.2) is 0 Å². The van der Waals surface area contributed by atoms with Crippen molar-refractivity contribution in [2.75, 3.05) is 5.32 Å². The highest BCUT2D eigenvalue weighted by molar-refractivity contribution is 6.42. The van der Waals surface area contributed by atoms with Crippen molar-refractivity contribution in [3.63, 3.8) is 0 Å². The fraction of sp³-hybridized carbons (Fsp3) is 0.200. The molecule has 128 valence electrons. The SMILES string of the molecule is CC(C)(C)c1ccc(/C=C(\C#N)C(=O)Nc2ccc(Cl)c(Cl)c2)cc1. The Morgan fingerprint density at radius 3 is 2.24 bits per heavy atom. The molecule has 0 radical (unpaired) electrons. The third-order valence-corrected chi connectivity index (χ3v) is 4.37. The number of benzene rings is 2. The average Bonchev–Trinajstić information content (AvgIpc) is 2.55. The molecule has 25 heavy (non-hydrogen) atoms. The van der Waals surface area contributed by atoms with E-state index in [0.717, 1.165) is 5.56 Å². The molecular formula is C20H18Cl2N2O. The molecule has 2 aromatic carbocycles. The van der Waals surface area contributed by atoms with Crippen molar-refractivity contribution in [3.05, 3.63) is 69.2 Å². The maximum Gasteiger partial charge on any atom is 0.266 e. The van der Waals surface area contributed by atoms with Crippen LogP contribution in [0.1, 0.15) is 31.9 Å². The van der Waals surface area contributed by atoms with Gasteiger partial charge in [-0.1, -0.05) is 68.2 Å². The number of rotatable bonds is 3. The van der Waals surface area contributed by atoms with Crippen molar-refractivity contribution in [1.29, 1.82) is 5.26 Å². The quantitative estimate of drug-likeness (QED) is 0.543. The summed E-state index contributed by atoms with van der Waals surface area (Å²) in [6.07, 6.45) is 1.55. The van der Waals surface area contributed by atoms with Gasteiger partial charge in [0.25, 0.3) is 5.91 Å². The van der Waals surface area contributed by atoms with E-state index in [0.29, 0.717) is 15.7 Å². The van der Waals surface area contributed by atoms with Gasteiger partial charge in [0, 0.05) is 5.69 Å². The zero-order valence-corrected chi connectivity index (χ0v) is 15.7. The summed E-state index contributed by atoms with van der Waals surface area (Å²) in [6.45, 7) is 6.38. The second kappa shape index (κ2) is 7.74. The van der Waals surface area contributed by atoms with E-state index >= 15 is 0 Å². The van der Waals surface area contributed by atoms with Crippen molar-refractivity contribution in [2.24, 2.45) is 0 Å². The van der Waals surface area contributed by atoms with Gasteiger partial charge < -0.3 is 5.32 Å². The second-order valence-corrected chi connectivity index (χ2v) is 7.44. The summed E-state index contributed by atoms with van der Waals surface area (Å²) in [7, 11) is 0. The van der Waals surface area contributed by atoms with Gasteiger partial charge in [0.2, 0.25) is 0 Å². The number of halogens is 2. The van der Waals surface area contributed by atoms with Crippen LogP contribution in [0.3, 0.4) is 0 Å². The molecule has 0 saturated carbocycles. The summed E-state index contributed by atoms with van der Waals surface area (Å²) in [5, 5.41) is 12.7. The van der Waals surface area contributed by atoms with E-state index < -0.39 is 5.91 Å². The monoisotopic (exact) mass is 372 g/mol. The normalized spacial score (nSPS) is 11.8. The Morgan fingerprint density at radius 2 is 1.72 bits per heavy atom. The molecule has 0 saturated heterocycles. The van der Waals surface area contributed by atoms with Crippen LogP contribution in [0.2, 0.25) is 10.0 Å². The van der Waals surface area contributed by atoms with E-state index in [9.17, 15) is 10.1 Å². The second-order valence-electron chi connectivity index (χ2n) is 6.62. The molecule has 0 aliphatic heterocycles. The van der Waals surface area contributed by atoms with Gasteiger partial charge >= 0.3 is 0 Å². The first-order chi connectivity index (χ1) is 11.7. The minimum absolute atomic E-state index is 0.00887. The first-order valence-electron chi connectivity index (χ1n) is 7.69. The van der Waals surface area contributed by atoms with Crippen LogP contribution in [0.5, 0.6) is 0 Å². The minimum Gasteiger partial charge on any atom is -0.321 e. The molecule has 0 bridgehead atoms. The number of anilines is 1.